The number of nitrogens with two attached hydrogens (primary N) is 1. The van der Waals surface area contributed by atoms with Gasteiger partial charge in [0, 0.05) is 31.1 Å². The number of hydrogen-bond acceptors (Lipinski definition) is 3. The van der Waals surface area contributed by atoms with Crippen molar-refractivity contribution >= 4 is 5.97 Å². The number of pyridine rings is 1. The van der Waals surface area contributed by atoms with Gasteiger partial charge in [-0.15, -0.1) is 0 Å². The van der Waals surface area contributed by atoms with Gasteiger partial charge >= 0.3 is 5.97 Å². The summed E-state index contributed by atoms with van der Waals surface area (Å²) in [5, 5.41) is 8.50. The summed E-state index contributed by atoms with van der Waals surface area (Å²) < 4.78 is 1.56. The lowest BCUT2D eigenvalue weighted by Crippen LogP contribution is -2.34. The number of aliphatic carboxylic acids is 1. The van der Waals surface area contributed by atoms with Gasteiger partial charge in [-0.05, 0) is 0 Å². The molecular formula is C8H10N2O3. The Kier molecular flexibility index (Phi) is 2.81. The Labute approximate surface area is 74.4 Å². The molecular weight excluding hydrogens is 172 g/mol. The molecule has 0 unspecified atom stereocenters. The summed E-state index contributed by atoms with van der Waals surface area (Å²) >= 11 is 0. The Morgan fingerprint density at radius 3 is 2.54 bits per heavy atom. The van der Waals surface area contributed by atoms with E-state index in [-0.39, 0.29) is 12.0 Å². The van der Waals surface area contributed by atoms with Gasteiger partial charge < -0.3 is 15.4 Å². The third kappa shape index (κ3) is 2.72. The predicted octanol–water partition coefficient (Wildman–Crippen LogP) is -0.740. The maximum Gasteiger partial charge on any atom is 0.322 e. The molecule has 1 heterocycles. The number of rotatable bonds is 3. The van der Waals surface area contributed by atoms with E-state index in [1.807, 2.05) is 0 Å². The summed E-state index contributed by atoms with van der Waals surface area (Å²) in [5.41, 5.74) is 5.18. The summed E-state index contributed by atoms with van der Waals surface area (Å²) in [6.07, 6.45) is 3.01. The van der Waals surface area contributed by atoms with Crippen molar-refractivity contribution in [3.05, 3.63) is 34.7 Å². The van der Waals surface area contributed by atoms with E-state index in [4.69, 9.17) is 10.8 Å². The summed E-state index contributed by atoms with van der Waals surface area (Å²) in [6.45, 7) is 0.162. The molecule has 1 rings (SSSR count). The minimum absolute atomic E-state index is 0.111. The van der Waals surface area contributed by atoms with Crippen LogP contribution in [0.2, 0.25) is 0 Å². The molecule has 0 aliphatic carbocycles. The van der Waals surface area contributed by atoms with Gasteiger partial charge in [0.15, 0.2) is 5.43 Å². The molecule has 0 saturated heterocycles. The topological polar surface area (TPSA) is 85.3 Å². The summed E-state index contributed by atoms with van der Waals surface area (Å²) in [4.78, 5) is 21.1. The summed E-state index contributed by atoms with van der Waals surface area (Å²) in [7, 11) is 0. The number of carboxylic acid groups (broad SMARTS) is 1. The van der Waals surface area contributed by atoms with Crippen LogP contribution < -0.4 is 11.2 Å². The lowest BCUT2D eigenvalue weighted by molar-refractivity contribution is -0.138. The van der Waals surface area contributed by atoms with Crippen molar-refractivity contribution in [1.82, 2.24) is 4.57 Å². The van der Waals surface area contributed by atoms with Gasteiger partial charge in [-0.1, -0.05) is 0 Å². The monoisotopic (exact) mass is 182 g/mol. The number of hydrogen-bond donors (Lipinski definition) is 2. The second-order valence-corrected chi connectivity index (χ2v) is 2.68. The van der Waals surface area contributed by atoms with Crippen molar-refractivity contribution in [2.24, 2.45) is 5.73 Å². The molecule has 0 fully saturated rings. The summed E-state index contributed by atoms with van der Waals surface area (Å²) in [5.74, 6) is -1.06. The van der Waals surface area contributed by atoms with Crippen LogP contribution in [0, 0.1) is 0 Å². The van der Waals surface area contributed by atoms with Crippen molar-refractivity contribution in [2.45, 2.75) is 12.6 Å². The van der Waals surface area contributed by atoms with Gasteiger partial charge in [-0.2, -0.15) is 0 Å². The molecule has 0 amide bonds. The first-order valence-electron chi connectivity index (χ1n) is 3.74. The van der Waals surface area contributed by atoms with Gasteiger partial charge in [0.05, 0.1) is 0 Å². The van der Waals surface area contributed by atoms with E-state index in [0.717, 1.165) is 0 Å². The van der Waals surface area contributed by atoms with Crippen LogP contribution in [0.15, 0.2) is 29.3 Å². The largest absolute Gasteiger partial charge is 0.480 e. The molecule has 0 bridgehead atoms. The lowest BCUT2D eigenvalue weighted by atomic mass is 10.3. The van der Waals surface area contributed by atoms with Crippen molar-refractivity contribution in [3.8, 4) is 0 Å². The lowest BCUT2D eigenvalue weighted by Gasteiger charge is -2.08. The fourth-order valence-corrected chi connectivity index (χ4v) is 0.871. The number of aromatic nitrogens is 1. The fourth-order valence-electron chi connectivity index (χ4n) is 0.871. The maximum absolute atomic E-state index is 10.7. The van der Waals surface area contributed by atoms with Crippen molar-refractivity contribution in [1.29, 1.82) is 0 Å². The van der Waals surface area contributed by atoms with Gasteiger partial charge in [0.1, 0.15) is 6.04 Å². The first kappa shape index (κ1) is 9.47. The minimum Gasteiger partial charge on any atom is -0.480 e. The molecule has 5 heteroatoms. The average Bonchev–Trinajstić information content (AvgIpc) is 2.08. The maximum atomic E-state index is 10.7. The molecule has 0 saturated carbocycles. The van der Waals surface area contributed by atoms with E-state index in [9.17, 15) is 9.59 Å². The van der Waals surface area contributed by atoms with E-state index in [0.29, 0.717) is 0 Å². The molecule has 13 heavy (non-hydrogen) atoms. The van der Waals surface area contributed by atoms with Crippen LogP contribution in [0.25, 0.3) is 0 Å². The quantitative estimate of drug-likeness (QED) is 0.644. The highest BCUT2D eigenvalue weighted by Crippen LogP contribution is 1.88. The van der Waals surface area contributed by atoms with Crippen molar-refractivity contribution in [3.63, 3.8) is 0 Å². The van der Waals surface area contributed by atoms with Crippen LogP contribution in [-0.2, 0) is 11.3 Å². The predicted molar refractivity (Wildman–Crippen MR) is 46.3 cm³/mol. The van der Waals surface area contributed by atoms with E-state index >= 15 is 0 Å². The summed E-state index contributed by atoms with van der Waals surface area (Å²) in [6, 6.07) is 1.77. The minimum atomic E-state index is -1.06. The smallest absolute Gasteiger partial charge is 0.322 e. The van der Waals surface area contributed by atoms with Crippen LogP contribution in [-0.4, -0.2) is 21.7 Å². The Bertz CT molecular complexity index is 338. The highest BCUT2D eigenvalue weighted by Gasteiger charge is 2.10. The zero-order chi connectivity index (χ0) is 9.84. The number of nitrogens with zero attached hydrogens (tertiary/aromatic N) is 1. The molecule has 5 nitrogen and oxygen atoms in total. The van der Waals surface area contributed by atoms with Crippen LogP contribution in [0.4, 0.5) is 0 Å². The van der Waals surface area contributed by atoms with Gasteiger partial charge in [0.2, 0.25) is 0 Å². The van der Waals surface area contributed by atoms with E-state index in [1.54, 1.807) is 4.57 Å². The molecule has 0 radical (unpaired) electrons. The van der Waals surface area contributed by atoms with Gasteiger partial charge in [-0.3, -0.25) is 9.59 Å². The molecule has 1 aromatic rings. The normalized spacial score (nSPS) is 12.4. The highest BCUT2D eigenvalue weighted by atomic mass is 16.4. The van der Waals surface area contributed by atoms with Gasteiger partial charge in [-0.25, -0.2) is 0 Å². The van der Waals surface area contributed by atoms with Crippen LogP contribution in [0.3, 0.4) is 0 Å². The van der Waals surface area contributed by atoms with E-state index < -0.39 is 12.0 Å². The zero-order valence-electron chi connectivity index (χ0n) is 6.88. The van der Waals surface area contributed by atoms with Crippen molar-refractivity contribution < 1.29 is 9.90 Å². The third-order valence-electron chi connectivity index (χ3n) is 1.59. The Morgan fingerprint density at radius 1 is 1.54 bits per heavy atom. The molecule has 1 aromatic heterocycles. The third-order valence-corrected chi connectivity index (χ3v) is 1.59. The van der Waals surface area contributed by atoms with E-state index in [1.165, 1.54) is 24.5 Å². The van der Waals surface area contributed by atoms with Crippen LogP contribution in [0.1, 0.15) is 0 Å². The average molecular weight is 182 g/mol. The Hall–Kier alpha value is -1.62. The second-order valence-electron chi connectivity index (χ2n) is 2.68. The van der Waals surface area contributed by atoms with E-state index in [2.05, 4.69) is 0 Å². The molecule has 0 aliphatic heterocycles. The molecule has 0 spiro atoms. The number of carbonyl (C=O) groups is 1. The molecule has 70 valence electrons. The SMILES string of the molecule is N[C@@H](Cn1ccc(=O)cc1)C(=O)O. The molecule has 0 aliphatic rings. The molecule has 3 N–H and O–H groups in total. The fraction of sp³-hybridized carbons (Fsp3) is 0.250. The first-order valence-corrected chi connectivity index (χ1v) is 3.74. The molecule has 1 atom stereocenters. The standard InChI is InChI=1S/C8H10N2O3/c9-7(8(12)13)5-10-3-1-6(11)2-4-10/h1-4,7H,5,9H2,(H,12,13)/t7-/m0/s1. The Morgan fingerprint density at radius 2 is 2.08 bits per heavy atom. The van der Waals surface area contributed by atoms with Gasteiger partial charge in [0.25, 0.3) is 0 Å². The van der Waals surface area contributed by atoms with Crippen molar-refractivity contribution in [2.75, 3.05) is 0 Å². The molecule has 0 aromatic carbocycles. The Balaban J connectivity index is 2.70. The second kappa shape index (κ2) is 3.86. The number of carboxylic acids is 1. The zero-order valence-corrected chi connectivity index (χ0v) is 6.88. The highest BCUT2D eigenvalue weighted by molar-refractivity contribution is 5.72. The first-order chi connectivity index (χ1) is 6.09. The van der Waals surface area contributed by atoms with Crippen LogP contribution in [0.5, 0.6) is 0 Å². The van der Waals surface area contributed by atoms with Crippen LogP contribution >= 0.6 is 0 Å².